The molecule has 2 aliphatic rings. The van der Waals surface area contributed by atoms with Gasteiger partial charge >= 0.3 is 0 Å². The Labute approximate surface area is 188 Å². The van der Waals surface area contributed by atoms with Crippen LogP contribution in [0.25, 0.3) is 0 Å². The van der Waals surface area contributed by atoms with E-state index >= 15 is 0 Å². The summed E-state index contributed by atoms with van der Waals surface area (Å²) in [5, 5.41) is 3.05. The molecule has 1 N–H and O–H groups in total. The number of amides is 1. The number of halogens is 1. The summed E-state index contributed by atoms with van der Waals surface area (Å²) in [5.74, 6) is -0.277. The fraction of sp³-hybridized carbons (Fsp3) is 0.455. The highest BCUT2D eigenvalue weighted by Gasteiger charge is 2.33. The van der Waals surface area contributed by atoms with Crippen LogP contribution >= 0.6 is 11.6 Å². The van der Waals surface area contributed by atoms with Gasteiger partial charge in [-0.2, -0.15) is 4.31 Å². The average Bonchev–Trinajstić information content (AvgIpc) is 3.28. The molecular weight excluding hydrogens is 436 g/mol. The van der Waals surface area contributed by atoms with Crippen molar-refractivity contribution in [1.29, 1.82) is 0 Å². The Morgan fingerprint density at radius 3 is 2.48 bits per heavy atom. The largest absolute Gasteiger partial charge is 0.326 e. The Hall–Kier alpha value is -2.00. The lowest BCUT2D eigenvalue weighted by Gasteiger charge is -2.30. The van der Waals surface area contributed by atoms with E-state index in [0.717, 1.165) is 30.9 Å². The number of para-hydroxylation sites is 1. The van der Waals surface area contributed by atoms with Gasteiger partial charge in [-0.05, 0) is 62.5 Å². The van der Waals surface area contributed by atoms with Gasteiger partial charge in [0.15, 0.2) is 0 Å². The minimum Gasteiger partial charge on any atom is -0.326 e. The minimum absolute atomic E-state index is 0.00964. The molecule has 166 valence electrons. The standard InChI is InChI=1S/C22H27ClN4O3S/c23-21-20(8-5-11-24-21)31(29,30)27-14-9-17(10-15-27)22(28)25-19-7-2-1-6-18(19)16-26-12-3-4-13-26/h1-2,5-8,11,17H,3-4,9-10,12-16H2,(H,25,28). The predicted molar refractivity (Wildman–Crippen MR) is 120 cm³/mol. The van der Waals surface area contributed by atoms with Crippen molar-refractivity contribution in [1.82, 2.24) is 14.2 Å². The van der Waals surface area contributed by atoms with Gasteiger partial charge in [-0.15, -0.1) is 0 Å². The number of benzene rings is 1. The van der Waals surface area contributed by atoms with Crippen LogP contribution in [0.5, 0.6) is 0 Å². The molecule has 2 fully saturated rings. The molecule has 0 radical (unpaired) electrons. The fourth-order valence-corrected chi connectivity index (χ4v) is 6.16. The highest BCUT2D eigenvalue weighted by Crippen LogP contribution is 2.28. The third-order valence-electron chi connectivity index (χ3n) is 6.04. The minimum atomic E-state index is -3.72. The van der Waals surface area contributed by atoms with Crippen molar-refractivity contribution in [3.8, 4) is 0 Å². The van der Waals surface area contributed by atoms with E-state index in [4.69, 9.17) is 11.6 Å². The molecule has 0 saturated carbocycles. The first-order chi connectivity index (χ1) is 14.9. The summed E-state index contributed by atoms with van der Waals surface area (Å²) >= 11 is 5.99. The first-order valence-corrected chi connectivity index (χ1v) is 12.5. The first kappa shape index (κ1) is 22.2. The van der Waals surface area contributed by atoms with Gasteiger partial charge in [0.1, 0.15) is 10.0 Å². The van der Waals surface area contributed by atoms with Crippen molar-refractivity contribution in [2.24, 2.45) is 5.92 Å². The van der Waals surface area contributed by atoms with Crippen LogP contribution in [-0.2, 0) is 21.4 Å². The Morgan fingerprint density at radius 1 is 1.06 bits per heavy atom. The quantitative estimate of drug-likeness (QED) is 0.665. The number of carbonyl (C=O) groups excluding carboxylic acids is 1. The summed E-state index contributed by atoms with van der Waals surface area (Å²) < 4.78 is 27.2. The van der Waals surface area contributed by atoms with E-state index in [9.17, 15) is 13.2 Å². The number of sulfonamides is 1. The Balaban J connectivity index is 1.37. The smallest absolute Gasteiger partial charge is 0.246 e. The van der Waals surface area contributed by atoms with Crippen LogP contribution in [0, 0.1) is 5.92 Å². The number of likely N-dealkylation sites (tertiary alicyclic amines) is 1. The number of piperidine rings is 1. The number of anilines is 1. The Morgan fingerprint density at radius 2 is 1.77 bits per heavy atom. The number of hydrogen-bond donors (Lipinski definition) is 1. The summed E-state index contributed by atoms with van der Waals surface area (Å²) in [4.78, 5) is 19.2. The number of nitrogens with one attached hydrogen (secondary N) is 1. The van der Waals surface area contributed by atoms with Crippen LogP contribution in [0.3, 0.4) is 0 Å². The second-order valence-corrected chi connectivity index (χ2v) is 10.4. The van der Waals surface area contributed by atoms with Gasteiger partial charge in [0.05, 0.1) is 0 Å². The molecule has 0 atom stereocenters. The average molecular weight is 463 g/mol. The monoisotopic (exact) mass is 462 g/mol. The number of carbonyl (C=O) groups is 1. The lowest BCUT2D eigenvalue weighted by Crippen LogP contribution is -2.41. The van der Waals surface area contributed by atoms with E-state index in [1.54, 1.807) is 6.07 Å². The topological polar surface area (TPSA) is 82.6 Å². The normalized spacial score (nSPS) is 18.9. The molecule has 2 saturated heterocycles. The molecule has 0 aliphatic carbocycles. The van der Waals surface area contributed by atoms with E-state index in [-0.39, 0.29) is 35.0 Å². The SMILES string of the molecule is O=C(Nc1ccccc1CN1CCCC1)C1CCN(S(=O)(=O)c2cccnc2Cl)CC1. The van der Waals surface area contributed by atoms with Crippen molar-refractivity contribution >= 4 is 33.2 Å². The lowest BCUT2D eigenvalue weighted by molar-refractivity contribution is -0.120. The van der Waals surface area contributed by atoms with Crippen molar-refractivity contribution in [3.63, 3.8) is 0 Å². The van der Waals surface area contributed by atoms with Crippen LogP contribution in [0.1, 0.15) is 31.2 Å². The molecule has 7 nitrogen and oxygen atoms in total. The van der Waals surface area contributed by atoms with Gasteiger partial charge in [0.25, 0.3) is 0 Å². The summed E-state index contributed by atoms with van der Waals surface area (Å²) in [6, 6.07) is 10.9. The van der Waals surface area contributed by atoms with E-state index < -0.39 is 10.0 Å². The van der Waals surface area contributed by atoms with Crippen molar-refractivity contribution in [3.05, 3.63) is 53.3 Å². The van der Waals surface area contributed by atoms with Crippen LogP contribution in [-0.4, -0.2) is 54.7 Å². The van der Waals surface area contributed by atoms with E-state index in [2.05, 4.69) is 21.3 Å². The number of rotatable bonds is 6. The molecule has 0 spiro atoms. The Kier molecular flexibility index (Phi) is 6.91. The molecule has 2 aliphatic heterocycles. The second-order valence-electron chi connectivity index (χ2n) is 8.10. The molecule has 4 rings (SSSR count). The highest BCUT2D eigenvalue weighted by atomic mass is 35.5. The summed E-state index contributed by atoms with van der Waals surface area (Å²) in [6.07, 6.45) is 4.84. The molecular formula is C22H27ClN4O3S. The van der Waals surface area contributed by atoms with Gasteiger partial charge < -0.3 is 5.32 Å². The zero-order valence-corrected chi connectivity index (χ0v) is 18.9. The highest BCUT2D eigenvalue weighted by molar-refractivity contribution is 7.89. The molecule has 31 heavy (non-hydrogen) atoms. The first-order valence-electron chi connectivity index (χ1n) is 10.7. The maximum atomic E-state index is 12.9. The van der Waals surface area contributed by atoms with Gasteiger partial charge in [-0.3, -0.25) is 9.69 Å². The lowest BCUT2D eigenvalue weighted by atomic mass is 9.97. The fourth-order valence-electron chi connectivity index (χ4n) is 4.26. The maximum absolute atomic E-state index is 12.9. The van der Waals surface area contributed by atoms with E-state index in [1.807, 2.05) is 18.2 Å². The molecule has 0 unspecified atom stereocenters. The second kappa shape index (κ2) is 9.65. The predicted octanol–water partition coefficient (Wildman–Crippen LogP) is 3.37. The molecule has 9 heteroatoms. The molecule has 1 amide bonds. The van der Waals surface area contributed by atoms with Crippen LogP contribution in [0.4, 0.5) is 5.69 Å². The summed E-state index contributed by atoms with van der Waals surface area (Å²) in [7, 11) is -3.72. The molecule has 0 bridgehead atoms. The van der Waals surface area contributed by atoms with Crippen LogP contribution in [0.15, 0.2) is 47.5 Å². The molecule has 1 aromatic heterocycles. The summed E-state index contributed by atoms with van der Waals surface area (Å²) in [6.45, 7) is 3.58. The molecule has 1 aromatic carbocycles. The zero-order valence-electron chi connectivity index (χ0n) is 17.3. The molecule has 3 heterocycles. The number of pyridine rings is 1. The van der Waals surface area contributed by atoms with Crippen molar-refractivity contribution < 1.29 is 13.2 Å². The zero-order chi connectivity index (χ0) is 21.8. The van der Waals surface area contributed by atoms with E-state index in [1.165, 1.54) is 29.4 Å². The van der Waals surface area contributed by atoms with Crippen molar-refractivity contribution in [2.75, 3.05) is 31.5 Å². The van der Waals surface area contributed by atoms with Crippen molar-refractivity contribution in [2.45, 2.75) is 37.1 Å². The summed E-state index contributed by atoms with van der Waals surface area (Å²) in [5.41, 5.74) is 1.96. The van der Waals surface area contributed by atoms with E-state index in [0.29, 0.717) is 12.8 Å². The van der Waals surface area contributed by atoms with Crippen LogP contribution in [0.2, 0.25) is 5.15 Å². The van der Waals surface area contributed by atoms with Gasteiger partial charge in [0.2, 0.25) is 15.9 Å². The van der Waals surface area contributed by atoms with Gasteiger partial charge in [0, 0.05) is 37.4 Å². The van der Waals surface area contributed by atoms with Gasteiger partial charge in [-0.25, -0.2) is 13.4 Å². The van der Waals surface area contributed by atoms with Gasteiger partial charge in [-0.1, -0.05) is 29.8 Å². The third kappa shape index (κ3) is 5.09. The maximum Gasteiger partial charge on any atom is 0.246 e. The molecule has 2 aromatic rings. The number of aromatic nitrogens is 1. The Bertz CT molecular complexity index is 1030. The third-order valence-corrected chi connectivity index (χ3v) is 8.38. The number of hydrogen-bond acceptors (Lipinski definition) is 5. The number of nitrogens with zero attached hydrogens (tertiary/aromatic N) is 3. The van der Waals surface area contributed by atoms with Crippen LogP contribution < -0.4 is 5.32 Å².